The standard InChI is InChI=1S/C14H23NO2/c1-10(2)12-6-8-15(9-7-12)14(16)17-11(3)13-4-5-13/h6,10-11,13H,4-5,7-9H2,1-3H3. The highest BCUT2D eigenvalue weighted by Crippen LogP contribution is 2.34. The van der Waals surface area contributed by atoms with Crippen molar-refractivity contribution in [2.45, 2.75) is 46.1 Å². The van der Waals surface area contributed by atoms with Gasteiger partial charge in [0.15, 0.2) is 0 Å². The Kier molecular flexibility index (Phi) is 3.75. The van der Waals surface area contributed by atoms with Crippen molar-refractivity contribution >= 4 is 6.09 Å². The molecule has 1 amide bonds. The number of hydrogen-bond donors (Lipinski definition) is 0. The zero-order valence-electron chi connectivity index (χ0n) is 11.1. The lowest BCUT2D eigenvalue weighted by Gasteiger charge is -2.28. The fraction of sp³-hybridized carbons (Fsp3) is 0.786. The van der Waals surface area contributed by atoms with Crippen molar-refractivity contribution < 1.29 is 9.53 Å². The Morgan fingerprint density at radius 2 is 2.12 bits per heavy atom. The monoisotopic (exact) mass is 237 g/mol. The third kappa shape index (κ3) is 3.24. The lowest BCUT2D eigenvalue weighted by atomic mass is 9.97. The van der Waals surface area contributed by atoms with Gasteiger partial charge in [-0.05, 0) is 38.0 Å². The molecule has 2 rings (SSSR count). The molecule has 0 spiro atoms. The molecule has 1 fully saturated rings. The maximum absolute atomic E-state index is 11.9. The van der Waals surface area contributed by atoms with E-state index in [2.05, 4.69) is 19.9 Å². The van der Waals surface area contributed by atoms with Crippen LogP contribution in [-0.4, -0.2) is 30.2 Å². The smallest absolute Gasteiger partial charge is 0.410 e. The van der Waals surface area contributed by atoms with E-state index in [1.54, 1.807) is 0 Å². The molecule has 0 N–H and O–H groups in total. The Hall–Kier alpha value is -0.990. The maximum atomic E-state index is 11.9. The number of carbonyl (C=O) groups is 1. The molecular formula is C14H23NO2. The summed E-state index contributed by atoms with van der Waals surface area (Å²) in [4.78, 5) is 13.7. The van der Waals surface area contributed by atoms with Crippen LogP contribution in [0.15, 0.2) is 11.6 Å². The van der Waals surface area contributed by atoms with Crippen molar-refractivity contribution in [2.75, 3.05) is 13.1 Å². The van der Waals surface area contributed by atoms with Gasteiger partial charge in [0.25, 0.3) is 0 Å². The lowest BCUT2D eigenvalue weighted by Crippen LogP contribution is -2.37. The molecule has 0 saturated heterocycles. The summed E-state index contributed by atoms with van der Waals surface area (Å²) in [6, 6.07) is 0. The van der Waals surface area contributed by atoms with Crippen LogP contribution in [0.1, 0.15) is 40.0 Å². The first-order chi connectivity index (χ1) is 8.08. The Morgan fingerprint density at radius 3 is 2.59 bits per heavy atom. The highest BCUT2D eigenvalue weighted by Gasteiger charge is 2.32. The van der Waals surface area contributed by atoms with Crippen LogP contribution in [0.3, 0.4) is 0 Å². The highest BCUT2D eigenvalue weighted by molar-refractivity contribution is 5.68. The second-order valence-electron chi connectivity index (χ2n) is 5.56. The zero-order valence-corrected chi connectivity index (χ0v) is 11.1. The molecule has 1 unspecified atom stereocenters. The second-order valence-corrected chi connectivity index (χ2v) is 5.56. The molecule has 2 aliphatic rings. The summed E-state index contributed by atoms with van der Waals surface area (Å²) in [7, 11) is 0. The molecule has 1 heterocycles. The van der Waals surface area contributed by atoms with Crippen molar-refractivity contribution in [1.29, 1.82) is 0 Å². The lowest BCUT2D eigenvalue weighted by molar-refractivity contribution is 0.0629. The van der Waals surface area contributed by atoms with Gasteiger partial charge in [-0.2, -0.15) is 0 Å². The first kappa shape index (κ1) is 12.5. The van der Waals surface area contributed by atoms with E-state index in [1.807, 2.05) is 11.8 Å². The predicted molar refractivity (Wildman–Crippen MR) is 67.8 cm³/mol. The van der Waals surface area contributed by atoms with Gasteiger partial charge in [-0.25, -0.2) is 4.79 Å². The Bertz CT molecular complexity index is 318. The maximum Gasteiger partial charge on any atom is 0.410 e. The Labute approximate surface area is 104 Å². The van der Waals surface area contributed by atoms with Crippen LogP contribution in [0.5, 0.6) is 0 Å². The molecule has 0 bridgehead atoms. The van der Waals surface area contributed by atoms with Gasteiger partial charge >= 0.3 is 6.09 Å². The SMILES string of the molecule is CC(C)C1=CCN(C(=O)OC(C)C2CC2)CC1. The number of amides is 1. The van der Waals surface area contributed by atoms with Crippen molar-refractivity contribution in [3.8, 4) is 0 Å². The molecule has 1 aliphatic carbocycles. The molecule has 17 heavy (non-hydrogen) atoms. The summed E-state index contributed by atoms with van der Waals surface area (Å²) in [5.41, 5.74) is 1.46. The summed E-state index contributed by atoms with van der Waals surface area (Å²) in [5.74, 6) is 1.21. The van der Waals surface area contributed by atoms with Crippen LogP contribution in [0, 0.1) is 11.8 Å². The topological polar surface area (TPSA) is 29.5 Å². The average Bonchev–Trinajstić information content (AvgIpc) is 3.12. The van der Waals surface area contributed by atoms with E-state index in [0.29, 0.717) is 18.4 Å². The summed E-state index contributed by atoms with van der Waals surface area (Å²) >= 11 is 0. The van der Waals surface area contributed by atoms with Crippen molar-refractivity contribution in [1.82, 2.24) is 4.90 Å². The van der Waals surface area contributed by atoms with Crippen LogP contribution in [0.25, 0.3) is 0 Å². The van der Waals surface area contributed by atoms with Crippen molar-refractivity contribution in [3.05, 3.63) is 11.6 Å². The molecule has 3 heteroatoms. The van der Waals surface area contributed by atoms with E-state index in [9.17, 15) is 4.79 Å². The minimum absolute atomic E-state index is 0.0953. The van der Waals surface area contributed by atoms with Gasteiger partial charge in [0.05, 0.1) is 0 Å². The van der Waals surface area contributed by atoms with Gasteiger partial charge in [0.2, 0.25) is 0 Å². The summed E-state index contributed by atoms with van der Waals surface area (Å²) < 4.78 is 5.47. The predicted octanol–water partition coefficient (Wildman–Crippen LogP) is 3.21. The van der Waals surface area contributed by atoms with Gasteiger partial charge < -0.3 is 9.64 Å². The summed E-state index contributed by atoms with van der Waals surface area (Å²) in [5, 5.41) is 0. The number of rotatable bonds is 3. The van der Waals surface area contributed by atoms with Crippen molar-refractivity contribution in [2.24, 2.45) is 11.8 Å². The molecule has 0 aromatic heterocycles. The number of ether oxygens (including phenoxy) is 1. The largest absolute Gasteiger partial charge is 0.446 e. The quantitative estimate of drug-likeness (QED) is 0.705. The molecule has 1 saturated carbocycles. The van der Waals surface area contributed by atoms with E-state index in [-0.39, 0.29) is 12.2 Å². The third-order valence-electron chi connectivity index (χ3n) is 3.82. The van der Waals surface area contributed by atoms with Crippen LogP contribution in [0.2, 0.25) is 0 Å². The van der Waals surface area contributed by atoms with E-state index in [0.717, 1.165) is 13.0 Å². The fourth-order valence-electron chi connectivity index (χ4n) is 2.27. The van der Waals surface area contributed by atoms with Crippen molar-refractivity contribution in [3.63, 3.8) is 0 Å². The van der Waals surface area contributed by atoms with Crippen LogP contribution in [-0.2, 0) is 4.74 Å². The van der Waals surface area contributed by atoms with Gasteiger partial charge in [-0.15, -0.1) is 0 Å². The molecule has 1 atom stereocenters. The molecule has 3 nitrogen and oxygen atoms in total. The van der Waals surface area contributed by atoms with Crippen LogP contribution in [0.4, 0.5) is 4.79 Å². The molecule has 0 aromatic rings. The van der Waals surface area contributed by atoms with Gasteiger partial charge in [-0.3, -0.25) is 0 Å². The van der Waals surface area contributed by atoms with Crippen LogP contribution < -0.4 is 0 Å². The zero-order chi connectivity index (χ0) is 12.4. The number of carbonyl (C=O) groups excluding carboxylic acids is 1. The minimum atomic E-state index is -0.136. The molecular weight excluding hydrogens is 214 g/mol. The van der Waals surface area contributed by atoms with Gasteiger partial charge in [0, 0.05) is 13.1 Å². The van der Waals surface area contributed by atoms with E-state index < -0.39 is 0 Å². The molecule has 0 radical (unpaired) electrons. The third-order valence-corrected chi connectivity index (χ3v) is 3.82. The van der Waals surface area contributed by atoms with E-state index >= 15 is 0 Å². The second kappa shape index (κ2) is 5.11. The first-order valence-corrected chi connectivity index (χ1v) is 6.72. The number of hydrogen-bond acceptors (Lipinski definition) is 2. The van der Waals surface area contributed by atoms with E-state index in [1.165, 1.54) is 18.4 Å². The highest BCUT2D eigenvalue weighted by atomic mass is 16.6. The molecule has 96 valence electrons. The summed E-state index contributed by atoms with van der Waals surface area (Å²) in [6.07, 6.45) is 5.56. The Balaban J connectivity index is 1.81. The normalized spacial score (nSPS) is 22.4. The fourth-order valence-corrected chi connectivity index (χ4v) is 2.27. The Morgan fingerprint density at radius 1 is 1.41 bits per heavy atom. The molecule has 0 aromatic carbocycles. The average molecular weight is 237 g/mol. The number of nitrogens with zero attached hydrogens (tertiary/aromatic N) is 1. The minimum Gasteiger partial charge on any atom is -0.446 e. The van der Waals surface area contributed by atoms with E-state index in [4.69, 9.17) is 4.74 Å². The van der Waals surface area contributed by atoms with Gasteiger partial charge in [-0.1, -0.05) is 25.5 Å². The molecule has 1 aliphatic heterocycles. The van der Waals surface area contributed by atoms with Gasteiger partial charge in [0.1, 0.15) is 6.10 Å². The summed E-state index contributed by atoms with van der Waals surface area (Å²) in [6.45, 7) is 7.93. The first-order valence-electron chi connectivity index (χ1n) is 6.72. The van der Waals surface area contributed by atoms with Crippen LogP contribution >= 0.6 is 0 Å².